The number of hydrogen-bond acceptors (Lipinski definition) is 1. The van der Waals surface area contributed by atoms with E-state index >= 15 is 0 Å². The normalized spacial score (nSPS) is 48.0. The van der Waals surface area contributed by atoms with Crippen molar-refractivity contribution in [1.82, 2.24) is 0 Å². The summed E-state index contributed by atoms with van der Waals surface area (Å²) < 4.78 is 0. The van der Waals surface area contributed by atoms with Gasteiger partial charge in [-0.1, -0.05) is 25.7 Å². The van der Waals surface area contributed by atoms with Crippen molar-refractivity contribution >= 4 is 11.8 Å². The third kappa shape index (κ3) is 1.73. The van der Waals surface area contributed by atoms with E-state index in [1.165, 1.54) is 25.7 Å². The van der Waals surface area contributed by atoms with E-state index in [4.69, 9.17) is 0 Å². The first-order chi connectivity index (χ1) is 6.93. The van der Waals surface area contributed by atoms with E-state index in [9.17, 15) is 0 Å². The summed E-state index contributed by atoms with van der Waals surface area (Å²) in [4.78, 5) is 0. The summed E-state index contributed by atoms with van der Waals surface area (Å²) in [5, 5.41) is 2.14. The van der Waals surface area contributed by atoms with Gasteiger partial charge in [0.1, 0.15) is 0 Å². The van der Waals surface area contributed by atoms with E-state index in [1.807, 2.05) is 0 Å². The van der Waals surface area contributed by atoms with Gasteiger partial charge in [0.25, 0.3) is 0 Å². The molecule has 0 bridgehead atoms. The van der Waals surface area contributed by atoms with Crippen LogP contribution in [0.4, 0.5) is 0 Å². The van der Waals surface area contributed by atoms with Crippen molar-refractivity contribution in [1.29, 1.82) is 0 Å². The van der Waals surface area contributed by atoms with Crippen LogP contribution in [0.25, 0.3) is 0 Å². The molecule has 80 valence electrons. The van der Waals surface area contributed by atoms with Gasteiger partial charge in [-0.2, -0.15) is 11.8 Å². The lowest BCUT2D eigenvalue weighted by molar-refractivity contribution is 0.238. The van der Waals surface area contributed by atoms with Crippen LogP contribution in [0.2, 0.25) is 0 Å². The Morgan fingerprint density at radius 3 is 1.71 bits per heavy atom. The fraction of sp³-hybridized carbons (Fsp3) is 1.00. The van der Waals surface area contributed by atoms with Gasteiger partial charge < -0.3 is 0 Å². The first kappa shape index (κ1) is 9.57. The summed E-state index contributed by atoms with van der Waals surface area (Å²) >= 11 is 2.40. The van der Waals surface area contributed by atoms with Crippen molar-refractivity contribution in [3.05, 3.63) is 0 Å². The minimum atomic E-state index is 1.07. The summed E-state index contributed by atoms with van der Waals surface area (Å²) in [5.74, 6) is 2.24. The smallest absolute Gasteiger partial charge is 0.00783 e. The van der Waals surface area contributed by atoms with Crippen LogP contribution in [0, 0.1) is 11.8 Å². The molecule has 0 amide bonds. The van der Waals surface area contributed by atoms with Gasteiger partial charge in [-0.15, -0.1) is 0 Å². The molecule has 1 aliphatic heterocycles. The third-order valence-corrected chi connectivity index (χ3v) is 6.57. The fourth-order valence-corrected chi connectivity index (χ4v) is 5.85. The van der Waals surface area contributed by atoms with Crippen LogP contribution >= 0.6 is 11.8 Å². The Labute approximate surface area is 92.2 Å². The van der Waals surface area contributed by atoms with Crippen LogP contribution in [0.1, 0.15) is 57.8 Å². The molecule has 1 heteroatoms. The molecule has 0 spiro atoms. The number of hydrogen-bond donors (Lipinski definition) is 0. The Morgan fingerprint density at radius 2 is 1.14 bits per heavy atom. The fourth-order valence-electron chi connectivity index (χ4n) is 3.86. The van der Waals surface area contributed by atoms with Crippen molar-refractivity contribution in [3.8, 4) is 0 Å². The van der Waals surface area contributed by atoms with Crippen LogP contribution in [-0.4, -0.2) is 10.5 Å². The molecule has 0 aromatic rings. The zero-order chi connectivity index (χ0) is 9.38. The summed E-state index contributed by atoms with van der Waals surface area (Å²) in [6.45, 7) is 0. The average molecular weight is 210 g/mol. The van der Waals surface area contributed by atoms with E-state index in [0.29, 0.717) is 0 Å². The van der Waals surface area contributed by atoms with Gasteiger partial charge in [0.05, 0.1) is 0 Å². The van der Waals surface area contributed by atoms with Crippen LogP contribution in [0.15, 0.2) is 0 Å². The highest BCUT2D eigenvalue weighted by molar-refractivity contribution is 8.00. The molecule has 1 heterocycles. The maximum absolute atomic E-state index is 2.40. The topological polar surface area (TPSA) is 0 Å². The van der Waals surface area contributed by atoms with Crippen molar-refractivity contribution in [2.45, 2.75) is 68.3 Å². The largest absolute Gasteiger partial charge is 0.155 e. The van der Waals surface area contributed by atoms with E-state index in [2.05, 4.69) is 11.8 Å². The van der Waals surface area contributed by atoms with Crippen molar-refractivity contribution in [3.63, 3.8) is 0 Å². The monoisotopic (exact) mass is 210 g/mol. The maximum Gasteiger partial charge on any atom is 0.00783 e. The van der Waals surface area contributed by atoms with Gasteiger partial charge in [-0.05, 0) is 43.9 Å². The molecule has 0 N–H and O–H groups in total. The Morgan fingerprint density at radius 1 is 0.643 bits per heavy atom. The second-order valence-corrected chi connectivity index (χ2v) is 7.02. The summed E-state index contributed by atoms with van der Waals surface area (Å²) in [7, 11) is 0. The zero-order valence-electron chi connectivity index (χ0n) is 9.08. The number of thioether (sulfide) groups is 1. The molecule has 2 saturated carbocycles. The lowest BCUT2D eigenvalue weighted by Crippen LogP contribution is -2.37. The molecule has 0 aromatic carbocycles. The molecule has 14 heavy (non-hydrogen) atoms. The quantitative estimate of drug-likeness (QED) is 0.576. The standard InChI is InChI=1S/C13H22S/c1-3-7-12-10(5-1)9-11-6-2-4-8-13(11)14-12/h10-13H,1-9H2/t10-,11-,12-,13+/m1/s1. The molecule has 1 saturated heterocycles. The van der Waals surface area contributed by atoms with E-state index in [-0.39, 0.29) is 0 Å². The molecule has 3 rings (SSSR count). The molecule has 3 fully saturated rings. The zero-order valence-corrected chi connectivity index (χ0v) is 9.90. The van der Waals surface area contributed by atoms with E-state index in [1.54, 1.807) is 32.1 Å². The summed E-state index contributed by atoms with van der Waals surface area (Å²) in [5.41, 5.74) is 0. The lowest BCUT2D eigenvalue weighted by atomic mass is 9.76. The highest BCUT2D eigenvalue weighted by Gasteiger charge is 2.39. The predicted octanol–water partition coefficient (Wildman–Crippen LogP) is 4.24. The SMILES string of the molecule is C1CC[C@@H]2S[C@@H]3CCCC[C@@H]3C[C@H]2C1. The van der Waals surface area contributed by atoms with Gasteiger partial charge in [0.15, 0.2) is 0 Å². The molecule has 3 aliphatic rings. The van der Waals surface area contributed by atoms with Crippen LogP contribution < -0.4 is 0 Å². The van der Waals surface area contributed by atoms with Crippen LogP contribution in [0.5, 0.6) is 0 Å². The summed E-state index contributed by atoms with van der Waals surface area (Å²) in [6.07, 6.45) is 13.9. The Balaban J connectivity index is 1.68. The Kier molecular flexibility index (Phi) is 2.79. The first-order valence-corrected chi connectivity index (χ1v) is 7.53. The van der Waals surface area contributed by atoms with Crippen LogP contribution in [-0.2, 0) is 0 Å². The molecular formula is C13H22S. The second-order valence-electron chi connectivity index (χ2n) is 5.54. The molecule has 2 aliphatic carbocycles. The highest BCUT2D eigenvalue weighted by Crippen LogP contribution is 2.50. The maximum atomic E-state index is 2.40. The van der Waals surface area contributed by atoms with Crippen molar-refractivity contribution in [2.75, 3.05) is 0 Å². The Hall–Kier alpha value is 0.350. The van der Waals surface area contributed by atoms with Crippen molar-refractivity contribution in [2.24, 2.45) is 11.8 Å². The van der Waals surface area contributed by atoms with Gasteiger partial charge in [-0.25, -0.2) is 0 Å². The second kappa shape index (κ2) is 4.08. The van der Waals surface area contributed by atoms with E-state index < -0.39 is 0 Å². The van der Waals surface area contributed by atoms with Crippen molar-refractivity contribution < 1.29 is 0 Å². The molecule has 0 aromatic heterocycles. The minimum Gasteiger partial charge on any atom is -0.155 e. The van der Waals surface area contributed by atoms with Gasteiger partial charge in [0, 0.05) is 10.5 Å². The molecule has 0 unspecified atom stereocenters. The van der Waals surface area contributed by atoms with Gasteiger partial charge >= 0.3 is 0 Å². The molecule has 4 atom stereocenters. The molecular weight excluding hydrogens is 188 g/mol. The molecule has 0 radical (unpaired) electrons. The summed E-state index contributed by atoms with van der Waals surface area (Å²) in [6, 6.07) is 0. The predicted molar refractivity (Wildman–Crippen MR) is 63.7 cm³/mol. The Bertz CT molecular complexity index is 159. The minimum absolute atomic E-state index is 1.07. The first-order valence-electron chi connectivity index (χ1n) is 6.59. The van der Waals surface area contributed by atoms with Gasteiger partial charge in [-0.3, -0.25) is 0 Å². The van der Waals surface area contributed by atoms with E-state index in [0.717, 1.165) is 22.3 Å². The van der Waals surface area contributed by atoms with Crippen LogP contribution in [0.3, 0.4) is 0 Å². The number of rotatable bonds is 0. The number of fused-ring (bicyclic) bond motifs is 2. The van der Waals surface area contributed by atoms with Gasteiger partial charge in [0.2, 0.25) is 0 Å². The lowest BCUT2D eigenvalue weighted by Gasteiger charge is -2.45. The highest BCUT2D eigenvalue weighted by atomic mass is 32.2. The molecule has 0 nitrogen and oxygen atoms in total. The average Bonchev–Trinajstić information content (AvgIpc) is 2.26. The third-order valence-electron chi connectivity index (χ3n) is 4.63.